The number of aliphatic hydroxyl groups is 1. The Morgan fingerprint density at radius 2 is 1.55 bits per heavy atom. The number of rotatable bonds is 8. The number of aliphatic carboxylic acids is 3. The first-order valence-electron chi connectivity index (χ1n) is 9.38. The molecular weight excluding hydrogens is 442 g/mol. The fourth-order valence-corrected chi connectivity index (χ4v) is 1.62. The van der Waals surface area contributed by atoms with Crippen LogP contribution in [-0.4, -0.2) is 86.8 Å². The van der Waals surface area contributed by atoms with E-state index < -0.39 is 23.8 Å². The van der Waals surface area contributed by atoms with E-state index in [2.05, 4.69) is 20.6 Å². The maximum absolute atomic E-state index is 12.0. The molecule has 1 aromatic heterocycles. The Hall–Kier alpha value is -3.62. The van der Waals surface area contributed by atoms with Gasteiger partial charge in [-0.05, 0) is 6.92 Å². The number of carbonyl (C=O) groups excluding carboxylic acids is 1. The van der Waals surface area contributed by atoms with Gasteiger partial charge in [0, 0.05) is 52.2 Å². The Morgan fingerprint density at radius 3 is 1.97 bits per heavy atom. The van der Waals surface area contributed by atoms with Gasteiger partial charge in [0.2, 0.25) is 0 Å². The standard InChI is InChI=1S/C13H21N5O3.3C2H4O2/c1-9-12(20)11(10(7-19)6-17-9)13(21)18-8-16-5-4-15-3-2-14;3*1-2(3)4/h6,8,15,19-20H,2-5,7,14H2,1H3,(H,16,18,21);3*1H3,(H,3,4). The lowest BCUT2D eigenvalue weighted by Gasteiger charge is -2.09. The fraction of sp³-hybridized carbons (Fsp3) is 0.474. The highest BCUT2D eigenvalue weighted by Gasteiger charge is 2.17. The van der Waals surface area contributed by atoms with Gasteiger partial charge in [-0.1, -0.05) is 0 Å². The minimum absolute atomic E-state index is 0.0118. The number of carbonyl (C=O) groups is 4. The minimum Gasteiger partial charge on any atom is -0.505 e. The summed E-state index contributed by atoms with van der Waals surface area (Å²) in [5.74, 6) is -3.28. The molecule has 188 valence electrons. The lowest BCUT2D eigenvalue weighted by Crippen LogP contribution is -2.26. The number of carboxylic acids is 3. The number of pyridine rings is 1. The topological polar surface area (TPSA) is 245 Å². The molecule has 0 fully saturated rings. The summed E-state index contributed by atoms with van der Waals surface area (Å²) in [6.45, 7) is 6.87. The Kier molecular flexibility index (Phi) is 22.3. The SMILES string of the molecule is CC(=O)O.CC(=O)O.CC(=O)O.Cc1ncc(CO)c(C(=O)NC=NCCNCCN)c1O. The van der Waals surface area contributed by atoms with E-state index in [4.69, 9.17) is 35.4 Å². The van der Waals surface area contributed by atoms with Gasteiger partial charge >= 0.3 is 0 Å². The summed E-state index contributed by atoms with van der Waals surface area (Å²) in [5, 5.41) is 46.8. The van der Waals surface area contributed by atoms with Crippen LogP contribution in [0.15, 0.2) is 11.2 Å². The summed E-state index contributed by atoms with van der Waals surface area (Å²) in [6.07, 6.45) is 2.63. The van der Waals surface area contributed by atoms with Crippen LogP contribution in [0.5, 0.6) is 5.75 Å². The lowest BCUT2D eigenvalue weighted by molar-refractivity contribution is -0.135. The zero-order valence-corrected chi connectivity index (χ0v) is 19.0. The van der Waals surface area contributed by atoms with Gasteiger partial charge in [-0.15, -0.1) is 0 Å². The van der Waals surface area contributed by atoms with E-state index in [1.807, 2.05) is 0 Å². The van der Waals surface area contributed by atoms with Crippen molar-refractivity contribution in [3.63, 3.8) is 0 Å². The van der Waals surface area contributed by atoms with Gasteiger partial charge in [0.1, 0.15) is 5.75 Å². The number of aliphatic imine (C=N–C) groups is 1. The van der Waals surface area contributed by atoms with Crippen LogP contribution in [0.3, 0.4) is 0 Å². The second kappa shape index (κ2) is 21.6. The molecule has 0 aliphatic carbocycles. The zero-order valence-electron chi connectivity index (χ0n) is 19.0. The van der Waals surface area contributed by atoms with Crippen LogP contribution >= 0.6 is 0 Å². The zero-order chi connectivity index (χ0) is 26.4. The molecule has 1 aromatic rings. The van der Waals surface area contributed by atoms with Gasteiger partial charge in [0.15, 0.2) is 0 Å². The Balaban J connectivity index is -0.000000618. The molecule has 0 saturated heterocycles. The van der Waals surface area contributed by atoms with Gasteiger partial charge in [-0.3, -0.25) is 29.2 Å². The van der Waals surface area contributed by atoms with E-state index in [0.717, 1.165) is 20.8 Å². The lowest BCUT2D eigenvalue weighted by atomic mass is 10.1. The summed E-state index contributed by atoms with van der Waals surface area (Å²) >= 11 is 0. The number of amides is 1. The average Bonchev–Trinajstić information content (AvgIpc) is 2.67. The molecule has 1 amide bonds. The molecule has 0 saturated carbocycles. The number of hydrogen-bond donors (Lipinski definition) is 8. The summed E-state index contributed by atoms with van der Waals surface area (Å²) in [5.41, 5.74) is 5.91. The number of nitrogens with two attached hydrogens (primary N) is 1. The van der Waals surface area contributed by atoms with Gasteiger partial charge in [-0.2, -0.15) is 0 Å². The van der Waals surface area contributed by atoms with Crippen LogP contribution in [0.1, 0.15) is 42.4 Å². The molecule has 0 bridgehead atoms. The van der Waals surface area contributed by atoms with Crippen LogP contribution in [-0.2, 0) is 21.0 Å². The first-order valence-corrected chi connectivity index (χ1v) is 9.38. The van der Waals surface area contributed by atoms with E-state index in [-0.39, 0.29) is 23.5 Å². The number of aryl methyl sites for hydroxylation is 1. The van der Waals surface area contributed by atoms with Gasteiger partial charge < -0.3 is 41.9 Å². The van der Waals surface area contributed by atoms with E-state index in [9.17, 15) is 15.0 Å². The number of hydrogen-bond acceptors (Lipinski definition) is 10. The van der Waals surface area contributed by atoms with E-state index in [0.29, 0.717) is 31.9 Å². The maximum atomic E-state index is 12.0. The van der Waals surface area contributed by atoms with Gasteiger partial charge in [0.05, 0.1) is 30.7 Å². The maximum Gasteiger partial charge on any atom is 0.300 e. The highest BCUT2D eigenvalue weighted by Crippen LogP contribution is 2.23. The quantitative estimate of drug-likeness (QED) is 0.130. The molecule has 1 heterocycles. The highest BCUT2D eigenvalue weighted by atomic mass is 16.4. The van der Waals surface area contributed by atoms with Crippen molar-refractivity contribution in [1.82, 2.24) is 15.6 Å². The molecule has 0 atom stereocenters. The summed E-state index contributed by atoms with van der Waals surface area (Å²) < 4.78 is 0. The molecule has 0 radical (unpaired) electrons. The largest absolute Gasteiger partial charge is 0.505 e. The fourth-order valence-electron chi connectivity index (χ4n) is 1.62. The molecule has 0 aliphatic rings. The van der Waals surface area contributed by atoms with E-state index in [1.54, 1.807) is 6.92 Å². The monoisotopic (exact) mass is 475 g/mol. The first-order chi connectivity index (χ1) is 15.3. The molecular formula is C19H33N5O9. The van der Waals surface area contributed by atoms with E-state index >= 15 is 0 Å². The van der Waals surface area contributed by atoms with Crippen LogP contribution in [0.2, 0.25) is 0 Å². The molecule has 0 aliphatic heterocycles. The number of nitrogens with one attached hydrogen (secondary N) is 2. The van der Waals surface area contributed by atoms with Crippen molar-refractivity contribution in [1.29, 1.82) is 0 Å². The number of nitrogens with zero attached hydrogens (tertiary/aromatic N) is 2. The molecule has 14 nitrogen and oxygen atoms in total. The minimum atomic E-state index is -0.833. The van der Waals surface area contributed by atoms with Gasteiger partial charge in [0.25, 0.3) is 23.8 Å². The smallest absolute Gasteiger partial charge is 0.300 e. The summed E-state index contributed by atoms with van der Waals surface area (Å²) in [6, 6.07) is 0. The third-order valence-electron chi connectivity index (χ3n) is 2.74. The van der Waals surface area contributed by atoms with Crippen molar-refractivity contribution in [3.05, 3.63) is 23.0 Å². The van der Waals surface area contributed by atoms with Crippen LogP contribution < -0.4 is 16.4 Å². The molecule has 1 rings (SSSR count). The van der Waals surface area contributed by atoms with Crippen molar-refractivity contribution in [2.45, 2.75) is 34.3 Å². The molecule has 0 unspecified atom stereocenters. The second-order valence-corrected chi connectivity index (χ2v) is 5.86. The third-order valence-corrected chi connectivity index (χ3v) is 2.74. The van der Waals surface area contributed by atoms with Crippen molar-refractivity contribution in [2.24, 2.45) is 10.7 Å². The predicted octanol–water partition coefficient (Wildman–Crippen LogP) is -0.833. The van der Waals surface area contributed by atoms with E-state index in [1.165, 1.54) is 12.5 Å². The Morgan fingerprint density at radius 1 is 1.06 bits per heavy atom. The normalized spacial score (nSPS) is 9.27. The number of aliphatic hydroxyl groups excluding tert-OH is 1. The molecule has 33 heavy (non-hydrogen) atoms. The third kappa shape index (κ3) is 24.5. The summed E-state index contributed by atoms with van der Waals surface area (Å²) in [7, 11) is 0. The van der Waals surface area contributed by atoms with Crippen LogP contribution in [0.25, 0.3) is 0 Å². The van der Waals surface area contributed by atoms with Crippen molar-refractivity contribution in [3.8, 4) is 5.75 Å². The van der Waals surface area contributed by atoms with Crippen molar-refractivity contribution in [2.75, 3.05) is 26.2 Å². The summed E-state index contributed by atoms with van der Waals surface area (Å²) in [4.78, 5) is 46.9. The Labute approximate surface area is 191 Å². The Bertz CT molecular complexity index is 730. The van der Waals surface area contributed by atoms with Crippen LogP contribution in [0.4, 0.5) is 0 Å². The molecule has 14 heteroatoms. The van der Waals surface area contributed by atoms with Crippen LogP contribution in [0, 0.1) is 6.92 Å². The number of carboxylic acid groups (broad SMARTS) is 3. The first kappa shape index (κ1) is 34.0. The molecule has 9 N–H and O–H groups in total. The number of aromatic hydroxyl groups is 1. The average molecular weight is 475 g/mol. The van der Waals surface area contributed by atoms with Gasteiger partial charge in [-0.25, -0.2) is 0 Å². The van der Waals surface area contributed by atoms with Crippen molar-refractivity contribution >= 4 is 30.2 Å². The highest BCUT2D eigenvalue weighted by molar-refractivity contribution is 6.03. The molecule has 0 spiro atoms. The molecule has 0 aromatic carbocycles. The second-order valence-electron chi connectivity index (χ2n) is 5.86. The predicted molar refractivity (Wildman–Crippen MR) is 119 cm³/mol. The number of aromatic nitrogens is 1. The van der Waals surface area contributed by atoms with Crippen molar-refractivity contribution < 1.29 is 44.7 Å².